The molecule has 1 atom stereocenters. The number of aliphatic hydroxyl groups excluding tert-OH is 1. The van der Waals surface area contributed by atoms with Gasteiger partial charge in [0.15, 0.2) is 9.84 Å². The molecule has 0 radical (unpaired) electrons. The van der Waals surface area contributed by atoms with E-state index in [4.69, 9.17) is 5.73 Å². The third kappa shape index (κ3) is 2.31. The molecule has 4 N–H and O–H groups in total. The minimum Gasteiger partial charge on any atom is -0.384 e. The van der Waals surface area contributed by atoms with E-state index < -0.39 is 15.9 Å². The van der Waals surface area contributed by atoms with Crippen LogP contribution in [-0.2, 0) is 9.84 Å². The average molecular weight is 255 g/mol. The number of nitrogens with one attached hydrogen (secondary N) is 1. The molecule has 1 heterocycles. The zero-order valence-electron chi connectivity index (χ0n) is 9.21. The molecule has 2 aromatic rings. The fourth-order valence-electron chi connectivity index (χ4n) is 1.51. The topological polar surface area (TPSA) is 109 Å². The van der Waals surface area contributed by atoms with E-state index in [0.29, 0.717) is 16.9 Å². The number of hydrogen-bond donors (Lipinski definition) is 3. The Balaban J connectivity index is 2.56. The quantitative estimate of drug-likeness (QED) is 0.713. The van der Waals surface area contributed by atoms with Crippen molar-refractivity contribution in [1.29, 1.82) is 0 Å². The van der Waals surface area contributed by atoms with Crippen molar-refractivity contribution in [2.45, 2.75) is 11.0 Å². The Hall–Kier alpha value is -1.44. The molecule has 1 aromatic carbocycles. The second-order valence-electron chi connectivity index (χ2n) is 3.82. The molecule has 0 aliphatic heterocycles. The maximum absolute atomic E-state index is 11.4. The molecule has 1 aromatic heterocycles. The minimum atomic E-state index is -3.25. The highest BCUT2D eigenvalue weighted by atomic mass is 32.2. The number of fused-ring (bicyclic) bond motifs is 1. The van der Waals surface area contributed by atoms with Gasteiger partial charge in [0.1, 0.15) is 11.9 Å². The lowest BCUT2D eigenvalue weighted by atomic mass is 10.3. The van der Waals surface area contributed by atoms with Crippen LogP contribution in [0.1, 0.15) is 11.9 Å². The van der Waals surface area contributed by atoms with Crippen LogP contribution in [0.5, 0.6) is 0 Å². The molecule has 6 nitrogen and oxygen atoms in total. The lowest BCUT2D eigenvalue weighted by molar-refractivity contribution is 0.178. The van der Waals surface area contributed by atoms with Gasteiger partial charge in [-0.25, -0.2) is 13.4 Å². The van der Waals surface area contributed by atoms with E-state index in [1.54, 1.807) is 6.07 Å². The zero-order chi connectivity index (χ0) is 12.6. The third-order valence-electron chi connectivity index (χ3n) is 2.44. The van der Waals surface area contributed by atoms with Crippen LogP contribution >= 0.6 is 0 Å². The van der Waals surface area contributed by atoms with Gasteiger partial charge in [0.25, 0.3) is 0 Å². The van der Waals surface area contributed by atoms with Crippen molar-refractivity contribution in [1.82, 2.24) is 9.97 Å². The van der Waals surface area contributed by atoms with Gasteiger partial charge in [-0.3, -0.25) is 0 Å². The van der Waals surface area contributed by atoms with Crippen molar-refractivity contribution in [3.8, 4) is 0 Å². The summed E-state index contributed by atoms with van der Waals surface area (Å²) in [4.78, 5) is 7.19. The maximum atomic E-state index is 11.4. The molecule has 2 rings (SSSR count). The highest BCUT2D eigenvalue weighted by molar-refractivity contribution is 7.90. The van der Waals surface area contributed by atoms with Crippen molar-refractivity contribution in [2.75, 3.05) is 12.8 Å². The third-order valence-corrected chi connectivity index (χ3v) is 3.55. The first-order chi connectivity index (χ1) is 7.91. The SMILES string of the molecule is CS(=O)(=O)c1ccc2nc(C(O)CN)[nH]c2c1. The highest BCUT2D eigenvalue weighted by Gasteiger charge is 2.13. The van der Waals surface area contributed by atoms with Gasteiger partial charge in [-0.05, 0) is 18.2 Å². The van der Waals surface area contributed by atoms with Crippen LogP contribution in [-0.4, -0.2) is 36.3 Å². The van der Waals surface area contributed by atoms with E-state index in [-0.39, 0.29) is 11.4 Å². The Kier molecular flexibility index (Phi) is 2.90. The zero-order valence-corrected chi connectivity index (χ0v) is 10.0. The van der Waals surface area contributed by atoms with Crippen LogP contribution in [0, 0.1) is 0 Å². The van der Waals surface area contributed by atoms with Crippen LogP contribution < -0.4 is 5.73 Å². The number of H-pyrrole nitrogens is 1. The van der Waals surface area contributed by atoms with Crippen LogP contribution in [0.25, 0.3) is 11.0 Å². The van der Waals surface area contributed by atoms with Gasteiger partial charge in [-0.2, -0.15) is 0 Å². The molecule has 0 aliphatic carbocycles. The molecule has 0 amide bonds. The van der Waals surface area contributed by atoms with E-state index in [9.17, 15) is 13.5 Å². The molecule has 0 bridgehead atoms. The molecule has 0 aliphatic rings. The highest BCUT2D eigenvalue weighted by Crippen LogP contribution is 2.19. The summed E-state index contributed by atoms with van der Waals surface area (Å²) in [6.07, 6.45) is 0.268. The van der Waals surface area contributed by atoms with Gasteiger partial charge in [0, 0.05) is 12.8 Å². The van der Waals surface area contributed by atoms with Crippen LogP contribution in [0.2, 0.25) is 0 Å². The summed E-state index contributed by atoms with van der Waals surface area (Å²) in [5, 5.41) is 9.52. The number of rotatable bonds is 3. The standard InChI is InChI=1S/C10H13N3O3S/c1-17(15,16)6-2-3-7-8(4-6)13-10(12-7)9(14)5-11/h2-4,9,14H,5,11H2,1H3,(H,12,13). The number of aromatic amines is 1. The lowest BCUT2D eigenvalue weighted by Crippen LogP contribution is -2.12. The molecular weight excluding hydrogens is 242 g/mol. The van der Waals surface area contributed by atoms with Crippen molar-refractivity contribution >= 4 is 20.9 Å². The van der Waals surface area contributed by atoms with Gasteiger partial charge in [-0.15, -0.1) is 0 Å². The van der Waals surface area contributed by atoms with Crippen LogP contribution in [0.3, 0.4) is 0 Å². The number of aromatic nitrogens is 2. The Morgan fingerprint density at radius 3 is 2.82 bits per heavy atom. The largest absolute Gasteiger partial charge is 0.384 e. The second kappa shape index (κ2) is 4.10. The number of nitrogens with two attached hydrogens (primary N) is 1. The number of imidazole rings is 1. The number of benzene rings is 1. The maximum Gasteiger partial charge on any atom is 0.175 e. The fraction of sp³-hybridized carbons (Fsp3) is 0.300. The van der Waals surface area contributed by atoms with Gasteiger partial charge in [-0.1, -0.05) is 0 Å². The van der Waals surface area contributed by atoms with Crippen molar-refractivity contribution < 1.29 is 13.5 Å². The predicted molar refractivity (Wildman–Crippen MR) is 63.2 cm³/mol. The molecule has 92 valence electrons. The van der Waals surface area contributed by atoms with Gasteiger partial charge in [0.2, 0.25) is 0 Å². The average Bonchev–Trinajstić information content (AvgIpc) is 2.69. The molecule has 17 heavy (non-hydrogen) atoms. The normalized spacial score (nSPS) is 14.1. The van der Waals surface area contributed by atoms with E-state index >= 15 is 0 Å². The summed E-state index contributed by atoms with van der Waals surface area (Å²) in [6.45, 7) is 0.0543. The van der Waals surface area contributed by atoms with Gasteiger partial charge < -0.3 is 15.8 Å². The van der Waals surface area contributed by atoms with E-state index in [0.717, 1.165) is 6.26 Å². The summed E-state index contributed by atoms with van der Waals surface area (Å²) in [5.74, 6) is 0.341. The number of sulfone groups is 1. The van der Waals surface area contributed by atoms with Gasteiger partial charge >= 0.3 is 0 Å². The first-order valence-corrected chi connectivity index (χ1v) is 6.89. The Bertz CT molecular complexity index is 648. The first kappa shape index (κ1) is 12.0. The Morgan fingerprint density at radius 1 is 1.53 bits per heavy atom. The summed E-state index contributed by atoms with van der Waals surface area (Å²) >= 11 is 0. The molecular formula is C10H13N3O3S. The lowest BCUT2D eigenvalue weighted by Gasteiger charge is -2.01. The van der Waals surface area contributed by atoms with Crippen molar-refractivity contribution in [3.05, 3.63) is 24.0 Å². The van der Waals surface area contributed by atoms with Gasteiger partial charge in [0.05, 0.1) is 15.9 Å². The summed E-state index contributed by atoms with van der Waals surface area (Å²) < 4.78 is 22.7. The molecule has 1 unspecified atom stereocenters. The second-order valence-corrected chi connectivity index (χ2v) is 5.84. The predicted octanol–water partition coefficient (Wildman–Crippen LogP) is -0.0415. The summed E-state index contributed by atoms with van der Waals surface area (Å²) in [5.41, 5.74) is 6.48. The Morgan fingerprint density at radius 2 is 2.24 bits per heavy atom. The fourth-order valence-corrected chi connectivity index (χ4v) is 2.16. The number of hydrogen-bond acceptors (Lipinski definition) is 5. The number of aliphatic hydroxyl groups is 1. The van der Waals surface area contributed by atoms with Crippen molar-refractivity contribution in [2.24, 2.45) is 5.73 Å². The van der Waals surface area contributed by atoms with Crippen LogP contribution in [0.15, 0.2) is 23.1 Å². The molecule has 0 saturated heterocycles. The van der Waals surface area contributed by atoms with Crippen LogP contribution in [0.4, 0.5) is 0 Å². The molecule has 0 saturated carbocycles. The molecule has 0 spiro atoms. The molecule has 0 fully saturated rings. The van der Waals surface area contributed by atoms with E-state index in [1.165, 1.54) is 12.1 Å². The van der Waals surface area contributed by atoms with E-state index in [2.05, 4.69) is 9.97 Å². The van der Waals surface area contributed by atoms with Crippen molar-refractivity contribution in [3.63, 3.8) is 0 Å². The summed E-state index contributed by atoms with van der Waals surface area (Å²) in [6, 6.07) is 4.57. The number of nitrogens with zero attached hydrogens (tertiary/aromatic N) is 1. The smallest absolute Gasteiger partial charge is 0.175 e. The Labute approximate surface area is 98.4 Å². The minimum absolute atomic E-state index is 0.0543. The van der Waals surface area contributed by atoms with E-state index in [1.807, 2.05) is 0 Å². The first-order valence-electron chi connectivity index (χ1n) is 4.99. The monoisotopic (exact) mass is 255 g/mol. The molecule has 7 heteroatoms. The summed E-state index contributed by atoms with van der Waals surface area (Å²) in [7, 11) is -3.25.